The van der Waals surface area contributed by atoms with Crippen LogP contribution in [0.25, 0.3) is 0 Å². The van der Waals surface area contributed by atoms with Crippen LogP contribution in [0.4, 0.5) is 0 Å². The van der Waals surface area contributed by atoms with E-state index in [-0.39, 0.29) is 23.9 Å². The summed E-state index contributed by atoms with van der Waals surface area (Å²) >= 11 is 0. The second-order valence-electron chi connectivity index (χ2n) is 5.51. The highest BCUT2D eigenvalue weighted by molar-refractivity contribution is 7.88. The maximum Gasteiger partial charge on any atom is 0.220 e. The topological polar surface area (TPSA) is 101 Å². The van der Waals surface area contributed by atoms with Gasteiger partial charge in [-0.3, -0.25) is 4.79 Å². The molecule has 1 saturated carbocycles. The van der Waals surface area contributed by atoms with Crippen LogP contribution in [-0.2, 0) is 14.8 Å². The Morgan fingerprint density at radius 2 is 2.11 bits per heavy atom. The molecule has 112 valence electrons. The van der Waals surface area contributed by atoms with E-state index >= 15 is 0 Å². The molecule has 0 aromatic carbocycles. The molecule has 1 aliphatic carbocycles. The van der Waals surface area contributed by atoms with Gasteiger partial charge in [0.25, 0.3) is 0 Å². The number of carbonyl (C=O) groups is 1. The van der Waals surface area contributed by atoms with Gasteiger partial charge in [0.05, 0.1) is 6.26 Å². The average molecular weight is 291 g/mol. The fourth-order valence-corrected chi connectivity index (χ4v) is 3.26. The lowest BCUT2D eigenvalue weighted by Crippen LogP contribution is -2.41. The summed E-state index contributed by atoms with van der Waals surface area (Å²) in [6, 6.07) is -0.0272. The summed E-state index contributed by atoms with van der Waals surface area (Å²) in [7, 11) is -3.18. The molecule has 0 radical (unpaired) electrons. The molecule has 0 aromatic heterocycles. The molecule has 1 aliphatic rings. The van der Waals surface area contributed by atoms with Crippen molar-refractivity contribution >= 4 is 15.9 Å². The molecule has 1 amide bonds. The van der Waals surface area contributed by atoms with E-state index in [4.69, 9.17) is 5.73 Å². The molecule has 4 N–H and O–H groups in total. The smallest absolute Gasteiger partial charge is 0.220 e. The van der Waals surface area contributed by atoms with E-state index in [1.807, 2.05) is 6.92 Å². The van der Waals surface area contributed by atoms with Crippen LogP contribution in [0.2, 0.25) is 0 Å². The number of hydrogen-bond donors (Lipinski definition) is 3. The SMILES string of the molecule is CC(N)CCC(=O)NCC1CCCC1NS(C)(=O)=O. The van der Waals surface area contributed by atoms with Crippen LogP contribution < -0.4 is 15.8 Å². The van der Waals surface area contributed by atoms with Gasteiger partial charge >= 0.3 is 0 Å². The highest BCUT2D eigenvalue weighted by atomic mass is 32.2. The van der Waals surface area contributed by atoms with Crippen molar-refractivity contribution in [1.82, 2.24) is 10.0 Å². The zero-order valence-corrected chi connectivity index (χ0v) is 12.5. The van der Waals surface area contributed by atoms with Gasteiger partial charge in [0.1, 0.15) is 0 Å². The summed E-state index contributed by atoms with van der Waals surface area (Å²) in [5.74, 6) is 0.177. The maximum atomic E-state index is 11.6. The van der Waals surface area contributed by atoms with Crippen molar-refractivity contribution in [2.45, 2.75) is 51.1 Å². The predicted molar refractivity (Wildman–Crippen MR) is 75.0 cm³/mol. The van der Waals surface area contributed by atoms with Gasteiger partial charge in [-0.25, -0.2) is 13.1 Å². The molecule has 0 bridgehead atoms. The molecule has 3 unspecified atom stereocenters. The molecule has 7 heteroatoms. The van der Waals surface area contributed by atoms with Gasteiger partial charge in [-0.2, -0.15) is 0 Å². The molecule has 0 spiro atoms. The van der Waals surface area contributed by atoms with Gasteiger partial charge in [-0.15, -0.1) is 0 Å². The number of rotatable bonds is 7. The van der Waals surface area contributed by atoms with E-state index in [1.165, 1.54) is 6.26 Å². The fourth-order valence-electron chi connectivity index (χ4n) is 2.40. The molecule has 0 aliphatic heterocycles. The van der Waals surface area contributed by atoms with E-state index in [9.17, 15) is 13.2 Å². The summed E-state index contributed by atoms with van der Waals surface area (Å²) in [5.41, 5.74) is 5.59. The second kappa shape index (κ2) is 7.21. The van der Waals surface area contributed by atoms with Gasteiger partial charge < -0.3 is 11.1 Å². The Labute approximate surface area is 115 Å². The van der Waals surface area contributed by atoms with Crippen LogP contribution in [0.3, 0.4) is 0 Å². The first kappa shape index (κ1) is 16.4. The Bertz CT molecular complexity index is 395. The highest BCUT2D eigenvalue weighted by Crippen LogP contribution is 2.25. The third-order valence-electron chi connectivity index (χ3n) is 3.41. The minimum Gasteiger partial charge on any atom is -0.356 e. The summed E-state index contributed by atoms with van der Waals surface area (Å²) in [6.07, 6.45) is 5.04. The lowest BCUT2D eigenvalue weighted by atomic mass is 10.0. The molecule has 3 atom stereocenters. The van der Waals surface area contributed by atoms with E-state index in [2.05, 4.69) is 10.0 Å². The highest BCUT2D eigenvalue weighted by Gasteiger charge is 2.29. The Morgan fingerprint density at radius 1 is 1.42 bits per heavy atom. The van der Waals surface area contributed by atoms with Crippen molar-refractivity contribution < 1.29 is 13.2 Å². The van der Waals surface area contributed by atoms with Crippen molar-refractivity contribution in [3.05, 3.63) is 0 Å². The minimum absolute atomic E-state index is 0.0118. The Balaban J connectivity index is 2.33. The molecular formula is C12H25N3O3S. The van der Waals surface area contributed by atoms with Crippen LogP contribution in [-0.4, -0.2) is 39.2 Å². The third-order valence-corrected chi connectivity index (χ3v) is 4.14. The van der Waals surface area contributed by atoms with E-state index in [0.29, 0.717) is 19.4 Å². The van der Waals surface area contributed by atoms with Crippen molar-refractivity contribution in [3.63, 3.8) is 0 Å². The summed E-state index contributed by atoms with van der Waals surface area (Å²) in [5, 5.41) is 2.87. The number of hydrogen-bond acceptors (Lipinski definition) is 4. The first-order chi connectivity index (χ1) is 8.78. The van der Waals surface area contributed by atoms with E-state index in [1.54, 1.807) is 0 Å². The van der Waals surface area contributed by atoms with Crippen molar-refractivity contribution in [2.24, 2.45) is 11.7 Å². The number of carbonyl (C=O) groups excluding carboxylic acids is 1. The van der Waals surface area contributed by atoms with Crippen molar-refractivity contribution in [2.75, 3.05) is 12.8 Å². The molecule has 6 nitrogen and oxygen atoms in total. The van der Waals surface area contributed by atoms with E-state index < -0.39 is 10.0 Å². The van der Waals surface area contributed by atoms with E-state index in [0.717, 1.165) is 19.3 Å². The number of nitrogens with two attached hydrogens (primary N) is 1. The van der Waals surface area contributed by atoms with Crippen molar-refractivity contribution in [1.29, 1.82) is 0 Å². The first-order valence-electron chi connectivity index (χ1n) is 6.77. The second-order valence-corrected chi connectivity index (χ2v) is 7.29. The average Bonchev–Trinajstić information content (AvgIpc) is 2.68. The Hall–Kier alpha value is -0.660. The molecule has 1 fully saturated rings. The van der Waals surface area contributed by atoms with Crippen LogP contribution in [0.1, 0.15) is 39.0 Å². The molecule has 0 saturated heterocycles. The largest absolute Gasteiger partial charge is 0.356 e. The van der Waals surface area contributed by atoms with Crippen LogP contribution in [0.5, 0.6) is 0 Å². The minimum atomic E-state index is -3.18. The van der Waals surface area contributed by atoms with Gasteiger partial charge in [0.2, 0.25) is 15.9 Å². The van der Waals surface area contributed by atoms with Gasteiger partial charge in [-0.1, -0.05) is 6.42 Å². The molecule has 0 aromatic rings. The molecule has 0 heterocycles. The Kier molecular flexibility index (Phi) is 6.22. The molecular weight excluding hydrogens is 266 g/mol. The fraction of sp³-hybridized carbons (Fsp3) is 0.917. The third kappa shape index (κ3) is 6.89. The number of amides is 1. The summed E-state index contributed by atoms with van der Waals surface area (Å²) in [4.78, 5) is 11.6. The number of sulfonamides is 1. The normalized spacial score (nSPS) is 25.2. The summed E-state index contributed by atoms with van der Waals surface area (Å²) in [6.45, 7) is 2.40. The standard InChI is InChI=1S/C12H25N3O3S/c1-9(13)6-7-12(16)14-8-10-4-3-5-11(10)15-19(2,17)18/h9-11,15H,3-8,13H2,1-2H3,(H,14,16). The van der Waals surface area contributed by atoms with Gasteiger partial charge in [0, 0.05) is 25.0 Å². The monoisotopic (exact) mass is 291 g/mol. The lowest BCUT2D eigenvalue weighted by molar-refractivity contribution is -0.121. The zero-order chi connectivity index (χ0) is 14.5. The molecule has 19 heavy (non-hydrogen) atoms. The van der Waals surface area contributed by atoms with Crippen molar-refractivity contribution in [3.8, 4) is 0 Å². The van der Waals surface area contributed by atoms with Gasteiger partial charge in [0.15, 0.2) is 0 Å². The maximum absolute atomic E-state index is 11.6. The number of nitrogens with one attached hydrogen (secondary N) is 2. The lowest BCUT2D eigenvalue weighted by Gasteiger charge is -2.20. The Morgan fingerprint density at radius 3 is 2.68 bits per heavy atom. The quantitative estimate of drug-likeness (QED) is 0.612. The zero-order valence-electron chi connectivity index (χ0n) is 11.7. The molecule has 1 rings (SSSR count). The van der Waals surface area contributed by atoms with Crippen LogP contribution in [0.15, 0.2) is 0 Å². The van der Waals surface area contributed by atoms with Crippen LogP contribution >= 0.6 is 0 Å². The van der Waals surface area contributed by atoms with Gasteiger partial charge in [-0.05, 0) is 32.1 Å². The first-order valence-corrected chi connectivity index (χ1v) is 8.66. The van der Waals surface area contributed by atoms with Crippen LogP contribution in [0, 0.1) is 5.92 Å². The summed E-state index contributed by atoms with van der Waals surface area (Å²) < 4.78 is 25.1. The predicted octanol–water partition coefficient (Wildman–Crippen LogP) is -0.0521.